The van der Waals surface area contributed by atoms with E-state index in [1.54, 1.807) is 0 Å². The molecule has 0 heterocycles. The van der Waals surface area contributed by atoms with Crippen LogP contribution in [0.25, 0.3) is 0 Å². The van der Waals surface area contributed by atoms with Gasteiger partial charge in [-0.1, -0.05) is 25.1 Å². The number of hydrogen-bond donors (Lipinski definition) is 4. The molecular weight excluding hydrogens is 276 g/mol. The highest BCUT2D eigenvalue weighted by Gasteiger charge is 2.12. The van der Waals surface area contributed by atoms with Gasteiger partial charge in [0.1, 0.15) is 6.42 Å². The lowest BCUT2D eigenvalue weighted by atomic mass is 10.1. The second-order valence-electron chi connectivity index (χ2n) is 4.22. The van der Waals surface area contributed by atoms with Crippen LogP contribution in [0.2, 0.25) is 0 Å². The molecule has 0 bridgehead atoms. The summed E-state index contributed by atoms with van der Waals surface area (Å²) in [5.41, 5.74) is 12.4. The van der Waals surface area contributed by atoms with E-state index in [0.717, 1.165) is 23.2 Å². The summed E-state index contributed by atoms with van der Waals surface area (Å²) in [4.78, 5) is 23.3. The predicted octanol–water partition coefficient (Wildman–Crippen LogP) is 0.750. The van der Waals surface area contributed by atoms with Crippen LogP contribution in [-0.2, 0) is 16.0 Å². The average molecular weight is 294 g/mol. The van der Waals surface area contributed by atoms with Crippen molar-refractivity contribution in [1.29, 1.82) is 0 Å². The zero-order valence-electron chi connectivity index (χ0n) is 11.4. The minimum absolute atomic E-state index is 0.0640. The van der Waals surface area contributed by atoms with Gasteiger partial charge in [0.25, 0.3) is 0 Å². The van der Waals surface area contributed by atoms with E-state index < -0.39 is 11.8 Å². The highest BCUT2D eigenvalue weighted by atomic mass is 32.1. The Bertz CT molecular complexity index is 531. The number of thiocarbonyl (C=S) groups is 1. The molecule has 1 aromatic carbocycles. The summed E-state index contributed by atoms with van der Waals surface area (Å²) in [6.07, 6.45) is 0.486. The van der Waals surface area contributed by atoms with Crippen LogP contribution in [0.5, 0.6) is 0 Å². The molecule has 0 fully saturated rings. The van der Waals surface area contributed by atoms with Gasteiger partial charge in [0.15, 0.2) is 5.11 Å². The molecule has 0 aliphatic carbocycles. The summed E-state index contributed by atoms with van der Waals surface area (Å²) in [5, 5.41) is 2.69. The Morgan fingerprint density at radius 2 is 1.95 bits per heavy atom. The van der Waals surface area contributed by atoms with E-state index in [2.05, 4.69) is 28.4 Å². The SMILES string of the molecule is CCc1cccc(C)c1NC(=O)CC(=O)NNC(N)=S. The fraction of sp³-hybridized carbons (Fsp3) is 0.308. The minimum atomic E-state index is -0.512. The van der Waals surface area contributed by atoms with E-state index in [-0.39, 0.29) is 11.5 Å². The topological polar surface area (TPSA) is 96.2 Å². The van der Waals surface area contributed by atoms with Gasteiger partial charge in [-0.3, -0.25) is 20.4 Å². The molecule has 0 aliphatic rings. The number of nitrogens with one attached hydrogen (secondary N) is 3. The first-order valence-corrected chi connectivity index (χ1v) is 6.57. The molecule has 1 aromatic rings. The number of amides is 2. The monoisotopic (exact) mass is 294 g/mol. The molecule has 1 rings (SSSR count). The maximum atomic E-state index is 11.8. The summed E-state index contributed by atoms with van der Waals surface area (Å²) < 4.78 is 0. The lowest BCUT2D eigenvalue weighted by molar-refractivity contribution is -0.127. The van der Waals surface area contributed by atoms with Gasteiger partial charge in [0.05, 0.1) is 0 Å². The Morgan fingerprint density at radius 1 is 1.25 bits per heavy atom. The third kappa shape index (κ3) is 4.85. The number of carbonyl (C=O) groups excluding carboxylic acids is 2. The predicted molar refractivity (Wildman–Crippen MR) is 81.9 cm³/mol. The summed E-state index contributed by atoms with van der Waals surface area (Å²) in [5.74, 6) is -0.904. The quantitative estimate of drug-likeness (QED) is 0.373. The zero-order chi connectivity index (χ0) is 15.1. The van der Waals surface area contributed by atoms with Crippen molar-refractivity contribution in [3.63, 3.8) is 0 Å². The number of benzene rings is 1. The molecule has 0 atom stereocenters. The van der Waals surface area contributed by atoms with Crippen LogP contribution in [0.1, 0.15) is 24.5 Å². The highest BCUT2D eigenvalue weighted by molar-refractivity contribution is 7.80. The number of carbonyl (C=O) groups is 2. The smallest absolute Gasteiger partial charge is 0.247 e. The third-order valence-corrected chi connectivity index (χ3v) is 2.75. The molecule has 0 spiro atoms. The van der Waals surface area contributed by atoms with Crippen LogP contribution >= 0.6 is 12.2 Å². The highest BCUT2D eigenvalue weighted by Crippen LogP contribution is 2.21. The lowest BCUT2D eigenvalue weighted by Crippen LogP contribution is -2.45. The zero-order valence-corrected chi connectivity index (χ0v) is 12.3. The maximum Gasteiger partial charge on any atom is 0.247 e. The molecule has 6 nitrogen and oxygen atoms in total. The number of para-hydroxylation sites is 1. The normalized spacial score (nSPS) is 9.70. The van der Waals surface area contributed by atoms with E-state index in [1.807, 2.05) is 32.0 Å². The van der Waals surface area contributed by atoms with Gasteiger partial charge in [-0.05, 0) is 36.7 Å². The summed E-state index contributed by atoms with van der Waals surface area (Å²) >= 11 is 4.53. The number of hydrogen-bond acceptors (Lipinski definition) is 3. The largest absolute Gasteiger partial charge is 0.375 e. The summed E-state index contributed by atoms with van der Waals surface area (Å²) in [6.45, 7) is 3.91. The van der Waals surface area contributed by atoms with E-state index in [4.69, 9.17) is 5.73 Å². The van der Waals surface area contributed by atoms with Crippen molar-refractivity contribution in [2.24, 2.45) is 5.73 Å². The van der Waals surface area contributed by atoms with Crippen molar-refractivity contribution in [3.05, 3.63) is 29.3 Å². The van der Waals surface area contributed by atoms with E-state index in [0.29, 0.717) is 0 Å². The van der Waals surface area contributed by atoms with Gasteiger partial charge in [-0.15, -0.1) is 0 Å². The van der Waals surface area contributed by atoms with Gasteiger partial charge in [0, 0.05) is 5.69 Å². The first-order chi connectivity index (χ1) is 9.43. The van der Waals surface area contributed by atoms with Crippen LogP contribution in [0.3, 0.4) is 0 Å². The molecule has 0 aromatic heterocycles. The van der Waals surface area contributed by atoms with E-state index in [1.165, 1.54) is 0 Å². The Labute approximate surface area is 123 Å². The van der Waals surface area contributed by atoms with Gasteiger partial charge in [-0.2, -0.15) is 0 Å². The number of aryl methyl sites for hydroxylation is 2. The van der Waals surface area contributed by atoms with Crippen LogP contribution in [0, 0.1) is 6.92 Å². The number of nitrogens with two attached hydrogens (primary N) is 1. The third-order valence-electron chi connectivity index (χ3n) is 2.65. The molecule has 5 N–H and O–H groups in total. The summed E-state index contributed by atoms with van der Waals surface area (Å²) in [6, 6.07) is 5.78. The Hall–Kier alpha value is -2.15. The van der Waals surface area contributed by atoms with Gasteiger partial charge in [-0.25, -0.2) is 0 Å². The van der Waals surface area contributed by atoms with Crippen LogP contribution < -0.4 is 21.9 Å². The fourth-order valence-electron chi connectivity index (χ4n) is 1.71. The van der Waals surface area contributed by atoms with Gasteiger partial charge in [0.2, 0.25) is 11.8 Å². The molecule has 0 radical (unpaired) electrons. The van der Waals surface area contributed by atoms with Gasteiger partial charge >= 0.3 is 0 Å². The molecule has 20 heavy (non-hydrogen) atoms. The number of anilines is 1. The van der Waals surface area contributed by atoms with Crippen molar-refractivity contribution in [2.75, 3.05) is 5.32 Å². The van der Waals surface area contributed by atoms with Crippen LogP contribution in [0.15, 0.2) is 18.2 Å². The van der Waals surface area contributed by atoms with Crippen molar-refractivity contribution in [3.8, 4) is 0 Å². The second kappa shape index (κ2) is 7.44. The molecule has 0 aliphatic heterocycles. The van der Waals surface area contributed by atoms with Crippen molar-refractivity contribution in [1.82, 2.24) is 10.9 Å². The van der Waals surface area contributed by atoms with Gasteiger partial charge < -0.3 is 11.1 Å². The molecule has 2 amide bonds. The molecule has 0 saturated heterocycles. The van der Waals surface area contributed by atoms with Crippen molar-refractivity contribution in [2.45, 2.75) is 26.7 Å². The maximum absolute atomic E-state index is 11.8. The fourth-order valence-corrected chi connectivity index (χ4v) is 1.76. The molecular formula is C13H18N4O2S. The lowest BCUT2D eigenvalue weighted by Gasteiger charge is -2.13. The van der Waals surface area contributed by atoms with Crippen LogP contribution in [0.4, 0.5) is 5.69 Å². The summed E-state index contributed by atoms with van der Waals surface area (Å²) in [7, 11) is 0. The first-order valence-electron chi connectivity index (χ1n) is 6.16. The Kier molecular flexibility index (Phi) is 5.92. The van der Waals surface area contributed by atoms with E-state index >= 15 is 0 Å². The first kappa shape index (κ1) is 15.9. The Morgan fingerprint density at radius 3 is 2.55 bits per heavy atom. The molecule has 108 valence electrons. The second-order valence-corrected chi connectivity index (χ2v) is 4.66. The average Bonchev–Trinajstić information content (AvgIpc) is 2.38. The van der Waals surface area contributed by atoms with E-state index in [9.17, 15) is 9.59 Å². The molecule has 7 heteroatoms. The van der Waals surface area contributed by atoms with Crippen molar-refractivity contribution < 1.29 is 9.59 Å². The number of rotatable bonds is 4. The molecule has 0 unspecified atom stereocenters. The van der Waals surface area contributed by atoms with Crippen molar-refractivity contribution >= 4 is 34.8 Å². The minimum Gasteiger partial charge on any atom is -0.375 e. The van der Waals surface area contributed by atoms with Crippen LogP contribution in [-0.4, -0.2) is 16.9 Å². The molecule has 0 saturated carbocycles. The Balaban J connectivity index is 2.63. The standard InChI is InChI=1S/C13H18N4O2S/c1-3-9-6-4-5-8(2)12(9)15-10(18)7-11(19)16-17-13(14)20/h4-6H,3,7H2,1-2H3,(H,15,18)(H,16,19)(H3,14,17,20). The number of hydrazine groups is 1.